The second-order valence-electron chi connectivity index (χ2n) is 7.17. The highest BCUT2D eigenvalue weighted by molar-refractivity contribution is 5.78. The second-order valence-corrected chi connectivity index (χ2v) is 7.17. The molecule has 0 aromatic carbocycles. The first-order valence-corrected chi connectivity index (χ1v) is 9.63. The fourth-order valence-electron chi connectivity index (χ4n) is 3.93. The van der Waals surface area contributed by atoms with Crippen molar-refractivity contribution in [3.05, 3.63) is 41.1 Å². The van der Waals surface area contributed by atoms with Gasteiger partial charge in [-0.05, 0) is 57.4 Å². The third-order valence-corrected chi connectivity index (χ3v) is 5.34. The summed E-state index contributed by atoms with van der Waals surface area (Å²) in [4.78, 5) is 14.9. The standard InChI is InChI=1S/C20H30N4O2/c1-4-19-15(2)22-24(16(19)3)11-9-21-20(25)17-7-5-10-23(13-17)14-18-8-6-12-26-18/h6,8,12,17H,4-5,7,9-11,13-14H2,1-3H3,(H,21,25)/t17-/m1/s1. The zero-order valence-electron chi connectivity index (χ0n) is 16.1. The molecule has 1 fully saturated rings. The number of amides is 1. The third-order valence-electron chi connectivity index (χ3n) is 5.34. The minimum absolute atomic E-state index is 0.0605. The van der Waals surface area contributed by atoms with Crippen LogP contribution in [0.1, 0.15) is 42.5 Å². The topological polar surface area (TPSA) is 63.3 Å². The maximum atomic E-state index is 12.6. The van der Waals surface area contributed by atoms with Gasteiger partial charge in [-0.1, -0.05) is 6.92 Å². The highest BCUT2D eigenvalue weighted by Crippen LogP contribution is 2.19. The van der Waals surface area contributed by atoms with Crippen LogP contribution in [-0.2, 0) is 24.3 Å². The normalized spacial score (nSPS) is 18.2. The van der Waals surface area contributed by atoms with Crippen LogP contribution in [0.5, 0.6) is 0 Å². The summed E-state index contributed by atoms with van der Waals surface area (Å²) in [5.74, 6) is 1.18. The fraction of sp³-hybridized carbons (Fsp3) is 0.600. The molecule has 6 heteroatoms. The number of aryl methyl sites for hydroxylation is 1. The van der Waals surface area contributed by atoms with Gasteiger partial charge >= 0.3 is 0 Å². The van der Waals surface area contributed by atoms with E-state index >= 15 is 0 Å². The van der Waals surface area contributed by atoms with Crippen molar-refractivity contribution in [3.8, 4) is 0 Å². The van der Waals surface area contributed by atoms with Crippen LogP contribution in [0.2, 0.25) is 0 Å². The highest BCUT2D eigenvalue weighted by Gasteiger charge is 2.26. The Labute approximate surface area is 155 Å². The van der Waals surface area contributed by atoms with Crippen LogP contribution in [0.25, 0.3) is 0 Å². The lowest BCUT2D eigenvalue weighted by molar-refractivity contribution is -0.126. The molecule has 0 bridgehead atoms. The second kappa shape index (κ2) is 8.54. The first-order chi connectivity index (χ1) is 12.6. The Hall–Kier alpha value is -2.08. The van der Waals surface area contributed by atoms with Crippen molar-refractivity contribution in [3.63, 3.8) is 0 Å². The number of likely N-dealkylation sites (tertiary alicyclic amines) is 1. The number of hydrogen-bond acceptors (Lipinski definition) is 4. The van der Waals surface area contributed by atoms with E-state index in [1.54, 1.807) is 6.26 Å². The summed E-state index contributed by atoms with van der Waals surface area (Å²) >= 11 is 0. The lowest BCUT2D eigenvalue weighted by Crippen LogP contribution is -2.43. The SMILES string of the molecule is CCc1c(C)nn(CCNC(=O)[C@@H]2CCCN(Cc3ccco3)C2)c1C. The number of furan rings is 1. The molecule has 1 atom stereocenters. The average molecular weight is 358 g/mol. The number of carbonyl (C=O) groups is 1. The molecule has 3 heterocycles. The van der Waals surface area contributed by atoms with E-state index in [2.05, 4.69) is 36.1 Å². The Morgan fingerprint density at radius 1 is 1.42 bits per heavy atom. The van der Waals surface area contributed by atoms with Gasteiger partial charge in [0.25, 0.3) is 0 Å². The van der Waals surface area contributed by atoms with E-state index in [1.165, 1.54) is 11.3 Å². The molecule has 26 heavy (non-hydrogen) atoms. The summed E-state index contributed by atoms with van der Waals surface area (Å²) in [5, 5.41) is 7.70. The van der Waals surface area contributed by atoms with Crippen LogP contribution in [0, 0.1) is 19.8 Å². The Balaban J connectivity index is 1.47. The van der Waals surface area contributed by atoms with Crippen LogP contribution in [0.4, 0.5) is 0 Å². The van der Waals surface area contributed by atoms with Gasteiger partial charge in [-0.15, -0.1) is 0 Å². The molecule has 1 saturated heterocycles. The molecule has 0 aliphatic carbocycles. The lowest BCUT2D eigenvalue weighted by Gasteiger charge is -2.31. The highest BCUT2D eigenvalue weighted by atomic mass is 16.3. The average Bonchev–Trinajstić information content (AvgIpc) is 3.23. The van der Waals surface area contributed by atoms with E-state index in [4.69, 9.17) is 4.42 Å². The molecule has 0 spiro atoms. The number of nitrogens with zero attached hydrogens (tertiary/aromatic N) is 3. The Kier molecular flexibility index (Phi) is 6.14. The van der Waals surface area contributed by atoms with Crippen molar-refractivity contribution in [1.82, 2.24) is 20.0 Å². The molecule has 0 radical (unpaired) electrons. The molecule has 142 valence electrons. The molecule has 2 aromatic rings. The van der Waals surface area contributed by atoms with Crippen molar-refractivity contribution in [2.45, 2.75) is 53.1 Å². The third kappa shape index (κ3) is 4.36. The van der Waals surface area contributed by atoms with Gasteiger partial charge in [0.05, 0.1) is 31.0 Å². The predicted octanol–water partition coefficient (Wildman–Crippen LogP) is 2.68. The molecule has 0 saturated carbocycles. The van der Waals surface area contributed by atoms with Gasteiger partial charge in [-0.3, -0.25) is 14.4 Å². The van der Waals surface area contributed by atoms with Gasteiger partial charge in [0.1, 0.15) is 5.76 Å². The lowest BCUT2D eigenvalue weighted by atomic mass is 9.97. The van der Waals surface area contributed by atoms with E-state index in [0.717, 1.165) is 56.9 Å². The zero-order chi connectivity index (χ0) is 18.5. The summed E-state index contributed by atoms with van der Waals surface area (Å²) in [6.45, 7) is 10.3. The molecule has 1 aliphatic rings. The van der Waals surface area contributed by atoms with Crippen molar-refractivity contribution in [1.29, 1.82) is 0 Å². The van der Waals surface area contributed by atoms with Crippen molar-refractivity contribution >= 4 is 5.91 Å². The van der Waals surface area contributed by atoms with Gasteiger partial charge in [0.15, 0.2) is 0 Å². The largest absolute Gasteiger partial charge is 0.468 e. The first-order valence-electron chi connectivity index (χ1n) is 9.63. The monoisotopic (exact) mass is 358 g/mol. The number of piperidine rings is 1. The van der Waals surface area contributed by atoms with Gasteiger partial charge in [-0.25, -0.2) is 0 Å². The summed E-state index contributed by atoms with van der Waals surface area (Å²) in [7, 11) is 0. The van der Waals surface area contributed by atoms with E-state index < -0.39 is 0 Å². The van der Waals surface area contributed by atoms with E-state index in [1.807, 2.05) is 16.8 Å². The Morgan fingerprint density at radius 3 is 2.96 bits per heavy atom. The molecular formula is C20H30N4O2. The number of carbonyl (C=O) groups excluding carboxylic acids is 1. The summed E-state index contributed by atoms with van der Waals surface area (Å²) in [6, 6.07) is 3.90. The predicted molar refractivity (Wildman–Crippen MR) is 101 cm³/mol. The van der Waals surface area contributed by atoms with Crippen LogP contribution in [-0.4, -0.2) is 40.2 Å². The van der Waals surface area contributed by atoms with Crippen molar-refractivity contribution in [2.24, 2.45) is 5.92 Å². The molecule has 1 amide bonds. The van der Waals surface area contributed by atoms with Crippen molar-refractivity contribution in [2.75, 3.05) is 19.6 Å². The maximum Gasteiger partial charge on any atom is 0.224 e. The summed E-state index contributed by atoms with van der Waals surface area (Å²) in [5.41, 5.74) is 3.62. The van der Waals surface area contributed by atoms with Crippen LogP contribution >= 0.6 is 0 Å². The minimum Gasteiger partial charge on any atom is -0.468 e. The quantitative estimate of drug-likeness (QED) is 0.826. The molecule has 1 N–H and O–H groups in total. The smallest absolute Gasteiger partial charge is 0.224 e. The molecule has 6 nitrogen and oxygen atoms in total. The number of nitrogens with one attached hydrogen (secondary N) is 1. The maximum absolute atomic E-state index is 12.6. The molecule has 1 aliphatic heterocycles. The fourth-order valence-corrected chi connectivity index (χ4v) is 3.93. The molecule has 2 aromatic heterocycles. The van der Waals surface area contributed by atoms with E-state index in [-0.39, 0.29) is 11.8 Å². The Bertz CT molecular complexity index is 721. The van der Waals surface area contributed by atoms with E-state index in [0.29, 0.717) is 6.54 Å². The number of hydrogen-bond donors (Lipinski definition) is 1. The van der Waals surface area contributed by atoms with Crippen LogP contribution < -0.4 is 5.32 Å². The number of aromatic nitrogens is 2. The molecule has 0 unspecified atom stereocenters. The van der Waals surface area contributed by atoms with E-state index in [9.17, 15) is 4.79 Å². The van der Waals surface area contributed by atoms with Crippen molar-refractivity contribution < 1.29 is 9.21 Å². The molecule has 3 rings (SSSR count). The zero-order valence-corrected chi connectivity index (χ0v) is 16.1. The summed E-state index contributed by atoms with van der Waals surface area (Å²) in [6.07, 6.45) is 4.71. The minimum atomic E-state index is 0.0605. The van der Waals surface area contributed by atoms with Gasteiger partial charge in [0.2, 0.25) is 5.91 Å². The first kappa shape index (κ1) is 18.7. The van der Waals surface area contributed by atoms with Gasteiger partial charge in [-0.2, -0.15) is 5.10 Å². The van der Waals surface area contributed by atoms with Crippen LogP contribution in [0.3, 0.4) is 0 Å². The van der Waals surface area contributed by atoms with Gasteiger partial charge in [0, 0.05) is 18.8 Å². The van der Waals surface area contributed by atoms with Gasteiger partial charge < -0.3 is 9.73 Å². The van der Waals surface area contributed by atoms with Crippen LogP contribution in [0.15, 0.2) is 22.8 Å². The Morgan fingerprint density at radius 2 is 2.27 bits per heavy atom. The molecular weight excluding hydrogens is 328 g/mol. The summed E-state index contributed by atoms with van der Waals surface area (Å²) < 4.78 is 7.44. The number of rotatable bonds is 7.